The van der Waals surface area contributed by atoms with E-state index >= 15 is 0 Å². The molecule has 0 aliphatic heterocycles. The van der Waals surface area contributed by atoms with Gasteiger partial charge in [0.25, 0.3) is 0 Å². The van der Waals surface area contributed by atoms with Crippen LogP contribution in [0.5, 0.6) is 0 Å². The lowest BCUT2D eigenvalue weighted by Gasteiger charge is -2.37. The molecule has 2 aliphatic rings. The van der Waals surface area contributed by atoms with Crippen molar-refractivity contribution >= 4 is 5.97 Å². The molecule has 0 aromatic rings. The molecule has 0 heterocycles. The molecule has 17 heavy (non-hydrogen) atoms. The van der Waals surface area contributed by atoms with E-state index in [4.69, 9.17) is 5.11 Å². The van der Waals surface area contributed by atoms with Gasteiger partial charge in [-0.25, -0.2) is 0 Å². The number of aliphatic carboxylic acids is 1. The first-order valence-corrected chi connectivity index (χ1v) is 7.14. The van der Waals surface area contributed by atoms with Gasteiger partial charge in [-0.05, 0) is 32.1 Å². The minimum atomic E-state index is -0.669. The second kappa shape index (κ2) is 5.85. The van der Waals surface area contributed by atoms with Crippen molar-refractivity contribution in [3.05, 3.63) is 0 Å². The molecule has 3 heteroatoms. The average molecular weight is 239 g/mol. The van der Waals surface area contributed by atoms with E-state index in [1.54, 1.807) is 0 Å². The Hall–Kier alpha value is -0.570. The van der Waals surface area contributed by atoms with Gasteiger partial charge in [0.1, 0.15) is 0 Å². The molecule has 1 unspecified atom stereocenters. The van der Waals surface area contributed by atoms with Crippen LogP contribution in [-0.2, 0) is 4.79 Å². The topological polar surface area (TPSA) is 40.5 Å². The summed E-state index contributed by atoms with van der Waals surface area (Å²) in [6.45, 7) is 2.46. The highest BCUT2D eigenvalue weighted by Crippen LogP contribution is 2.33. The maximum Gasteiger partial charge on any atom is 0.317 e. The summed E-state index contributed by atoms with van der Waals surface area (Å²) in [5.41, 5.74) is 0. The lowest BCUT2D eigenvalue weighted by atomic mass is 9.80. The monoisotopic (exact) mass is 239 g/mol. The Morgan fingerprint density at radius 3 is 2.35 bits per heavy atom. The van der Waals surface area contributed by atoms with Gasteiger partial charge in [-0.1, -0.05) is 32.1 Å². The normalized spacial score (nSPS) is 23.9. The third-order valence-electron chi connectivity index (χ3n) is 4.58. The molecule has 2 fully saturated rings. The average Bonchev–Trinajstić information content (AvgIpc) is 2.72. The van der Waals surface area contributed by atoms with E-state index in [2.05, 4.69) is 11.8 Å². The van der Waals surface area contributed by atoms with Crippen molar-refractivity contribution in [3.63, 3.8) is 0 Å². The maximum absolute atomic E-state index is 11.0. The SMILES string of the molecule is CC(CC1CCC1)N(CC(=O)O)C1CCCC1. The zero-order chi connectivity index (χ0) is 12.3. The van der Waals surface area contributed by atoms with E-state index in [1.165, 1.54) is 51.4 Å². The van der Waals surface area contributed by atoms with Gasteiger partial charge in [0, 0.05) is 12.1 Å². The molecule has 98 valence electrons. The molecule has 1 atom stereocenters. The van der Waals surface area contributed by atoms with Crippen LogP contribution in [0.15, 0.2) is 0 Å². The van der Waals surface area contributed by atoms with Gasteiger partial charge in [-0.15, -0.1) is 0 Å². The summed E-state index contributed by atoms with van der Waals surface area (Å²) in [6, 6.07) is 0.973. The van der Waals surface area contributed by atoms with Crippen LogP contribution in [0.1, 0.15) is 58.3 Å². The minimum Gasteiger partial charge on any atom is -0.480 e. The van der Waals surface area contributed by atoms with Crippen LogP contribution in [0.2, 0.25) is 0 Å². The number of carbonyl (C=O) groups is 1. The Labute approximate surface area is 104 Å². The van der Waals surface area contributed by atoms with Crippen LogP contribution >= 0.6 is 0 Å². The predicted octanol–water partition coefficient (Wildman–Crippen LogP) is 2.89. The summed E-state index contributed by atoms with van der Waals surface area (Å²) < 4.78 is 0. The highest BCUT2D eigenvalue weighted by Gasteiger charge is 2.30. The second-order valence-corrected chi connectivity index (χ2v) is 5.89. The first-order chi connectivity index (χ1) is 8.16. The van der Waals surface area contributed by atoms with Crippen LogP contribution in [0.25, 0.3) is 0 Å². The van der Waals surface area contributed by atoms with Crippen molar-refractivity contribution in [1.29, 1.82) is 0 Å². The third kappa shape index (κ3) is 3.44. The molecule has 2 saturated carbocycles. The zero-order valence-electron chi connectivity index (χ0n) is 10.9. The number of nitrogens with zero attached hydrogens (tertiary/aromatic N) is 1. The van der Waals surface area contributed by atoms with Gasteiger partial charge >= 0.3 is 5.97 Å². The van der Waals surface area contributed by atoms with Gasteiger partial charge in [0.2, 0.25) is 0 Å². The first kappa shape index (κ1) is 12.9. The largest absolute Gasteiger partial charge is 0.480 e. The van der Waals surface area contributed by atoms with Crippen LogP contribution in [-0.4, -0.2) is 34.6 Å². The van der Waals surface area contributed by atoms with Gasteiger partial charge in [0.05, 0.1) is 6.54 Å². The van der Waals surface area contributed by atoms with E-state index < -0.39 is 5.97 Å². The molecule has 0 aromatic carbocycles. The fraction of sp³-hybridized carbons (Fsp3) is 0.929. The summed E-state index contributed by atoms with van der Waals surface area (Å²) in [5.74, 6) is 0.194. The third-order valence-corrected chi connectivity index (χ3v) is 4.58. The van der Waals surface area contributed by atoms with Crippen molar-refractivity contribution in [2.24, 2.45) is 5.92 Å². The standard InChI is InChI=1S/C14H25NO2/c1-11(9-12-5-4-6-12)15(10-14(16)17)13-7-2-3-8-13/h11-13H,2-10H2,1H3,(H,16,17). The quantitative estimate of drug-likeness (QED) is 0.774. The van der Waals surface area contributed by atoms with E-state index in [1.807, 2.05) is 0 Å². The Morgan fingerprint density at radius 1 is 1.24 bits per heavy atom. The number of rotatable bonds is 6. The Bertz CT molecular complexity index is 257. The lowest BCUT2D eigenvalue weighted by Crippen LogP contribution is -2.44. The Morgan fingerprint density at radius 2 is 1.88 bits per heavy atom. The number of hydrogen-bond acceptors (Lipinski definition) is 2. The van der Waals surface area contributed by atoms with Gasteiger partial charge in [-0.3, -0.25) is 9.69 Å². The van der Waals surface area contributed by atoms with Crippen LogP contribution < -0.4 is 0 Å². The van der Waals surface area contributed by atoms with Crippen molar-refractivity contribution < 1.29 is 9.90 Å². The molecule has 0 aromatic heterocycles. The molecule has 0 bridgehead atoms. The summed E-state index contributed by atoms with van der Waals surface area (Å²) in [6.07, 6.45) is 10.2. The molecule has 2 rings (SSSR count). The summed E-state index contributed by atoms with van der Waals surface area (Å²) >= 11 is 0. The van der Waals surface area contributed by atoms with Gasteiger partial charge in [0.15, 0.2) is 0 Å². The molecule has 0 spiro atoms. The molecule has 0 radical (unpaired) electrons. The van der Waals surface area contributed by atoms with E-state index in [9.17, 15) is 4.79 Å². The lowest BCUT2D eigenvalue weighted by molar-refractivity contribution is -0.139. The molecule has 0 amide bonds. The van der Waals surface area contributed by atoms with Gasteiger partial charge in [-0.2, -0.15) is 0 Å². The zero-order valence-corrected chi connectivity index (χ0v) is 10.9. The van der Waals surface area contributed by atoms with Crippen molar-refractivity contribution in [3.8, 4) is 0 Å². The van der Waals surface area contributed by atoms with Crippen LogP contribution in [0.4, 0.5) is 0 Å². The molecule has 3 nitrogen and oxygen atoms in total. The maximum atomic E-state index is 11.0. The fourth-order valence-corrected chi connectivity index (χ4v) is 3.38. The van der Waals surface area contributed by atoms with E-state index in [0.717, 1.165) is 5.92 Å². The number of carboxylic acids is 1. The fourth-order valence-electron chi connectivity index (χ4n) is 3.38. The summed E-state index contributed by atoms with van der Waals surface area (Å²) in [7, 11) is 0. The van der Waals surface area contributed by atoms with Crippen molar-refractivity contribution in [1.82, 2.24) is 4.90 Å². The molecule has 0 saturated heterocycles. The molecule has 1 N–H and O–H groups in total. The second-order valence-electron chi connectivity index (χ2n) is 5.89. The Balaban J connectivity index is 1.89. The smallest absolute Gasteiger partial charge is 0.317 e. The van der Waals surface area contributed by atoms with Crippen LogP contribution in [0, 0.1) is 5.92 Å². The van der Waals surface area contributed by atoms with E-state index in [0.29, 0.717) is 12.1 Å². The predicted molar refractivity (Wildman–Crippen MR) is 68.0 cm³/mol. The van der Waals surface area contributed by atoms with Crippen LogP contribution in [0.3, 0.4) is 0 Å². The first-order valence-electron chi connectivity index (χ1n) is 7.14. The Kier molecular flexibility index (Phi) is 4.43. The summed E-state index contributed by atoms with van der Waals surface area (Å²) in [4.78, 5) is 13.3. The highest BCUT2D eigenvalue weighted by atomic mass is 16.4. The molecule has 2 aliphatic carbocycles. The van der Waals surface area contributed by atoms with Crippen molar-refractivity contribution in [2.45, 2.75) is 70.4 Å². The summed E-state index contributed by atoms with van der Waals surface area (Å²) in [5, 5.41) is 9.06. The van der Waals surface area contributed by atoms with Gasteiger partial charge < -0.3 is 5.11 Å². The number of carboxylic acid groups (broad SMARTS) is 1. The highest BCUT2D eigenvalue weighted by molar-refractivity contribution is 5.69. The molecular weight excluding hydrogens is 214 g/mol. The minimum absolute atomic E-state index is 0.235. The van der Waals surface area contributed by atoms with Crippen molar-refractivity contribution in [2.75, 3.05) is 6.54 Å². The molecular formula is C14H25NO2. The number of hydrogen-bond donors (Lipinski definition) is 1. The van der Waals surface area contributed by atoms with E-state index in [-0.39, 0.29) is 6.54 Å².